The largest absolute Gasteiger partial charge is 0.352 e. The fraction of sp³-hybridized carbons (Fsp3) is 0.462. The number of hydrogen-bond acceptors (Lipinski definition) is 2. The van der Waals surface area contributed by atoms with Crippen LogP contribution >= 0.6 is 39.9 Å². The summed E-state index contributed by atoms with van der Waals surface area (Å²) in [5.74, 6) is 0.107. The summed E-state index contributed by atoms with van der Waals surface area (Å²) in [5, 5.41) is 6.96. The van der Waals surface area contributed by atoms with Crippen molar-refractivity contribution < 1.29 is 4.79 Å². The molecule has 19 heavy (non-hydrogen) atoms. The van der Waals surface area contributed by atoms with Crippen molar-refractivity contribution in [2.24, 2.45) is 0 Å². The number of benzene rings is 1. The molecule has 1 aliphatic heterocycles. The molecule has 1 fully saturated rings. The molecule has 0 spiro atoms. The molecule has 0 bridgehead atoms. The molecule has 1 aromatic carbocycles. The normalized spacial score (nSPS) is 17.9. The minimum Gasteiger partial charge on any atom is -0.352 e. The summed E-state index contributed by atoms with van der Waals surface area (Å²) in [6.45, 7) is 1.87. The topological polar surface area (TPSA) is 41.1 Å². The first-order chi connectivity index (χ1) is 8.65. The van der Waals surface area contributed by atoms with E-state index < -0.39 is 0 Å². The molecule has 1 heterocycles. The lowest BCUT2D eigenvalue weighted by molar-refractivity contribution is -0.121. The molecule has 1 aromatic rings. The Morgan fingerprint density at radius 3 is 3.00 bits per heavy atom. The van der Waals surface area contributed by atoms with Gasteiger partial charge >= 0.3 is 0 Å². The van der Waals surface area contributed by atoms with Crippen molar-refractivity contribution in [2.75, 3.05) is 13.1 Å². The molecular formula is C13H17BrCl2N2O. The first kappa shape index (κ1) is 16.8. The third-order valence-electron chi connectivity index (χ3n) is 3.05. The van der Waals surface area contributed by atoms with Gasteiger partial charge in [-0.3, -0.25) is 4.79 Å². The monoisotopic (exact) mass is 366 g/mol. The summed E-state index contributed by atoms with van der Waals surface area (Å²) in [5.41, 5.74) is 1.07. The number of aryl methyl sites for hydroxylation is 1. The van der Waals surface area contributed by atoms with Gasteiger partial charge in [-0.25, -0.2) is 0 Å². The van der Waals surface area contributed by atoms with Crippen LogP contribution in [0.1, 0.15) is 18.4 Å². The van der Waals surface area contributed by atoms with Gasteiger partial charge in [0.05, 0.1) is 0 Å². The average Bonchev–Trinajstić information content (AvgIpc) is 2.83. The zero-order chi connectivity index (χ0) is 13.0. The number of carbonyl (C=O) groups is 1. The van der Waals surface area contributed by atoms with Crippen LogP contribution in [0.5, 0.6) is 0 Å². The van der Waals surface area contributed by atoms with Crippen LogP contribution in [-0.4, -0.2) is 25.0 Å². The van der Waals surface area contributed by atoms with Crippen LogP contribution in [0.3, 0.4) is 0 Å². The van der Waals surface area contributed by atoms with Gasteiger partial charge < -0.3 is 10.6 Å². The SMILES string of the molecule is Cl.O=C(CCc1cc(Cl)ccc1Br)NC1CCNC1. The lowest BCUT2D eigenvalue weighted by atomic mass is 10.1. The van der Waals surface area contributed by atoms with Crippen molar-refractivity contribution in [3.63, 3.8) is 0 Å². The molecule has 2 N–H and O–H groups in total. The second-order valence-electron chi connectivity index (χ2n) is 4.49. The molecule has 1 unspecified atom stereocenters. The number of amides is 1. The van der Waals surface area contributed by atoms with Gasteiger partial charge in [0.25, 0.3) is 0 Å². The summed E-state index contributed by atoms with van der Waals surface area (Å²) in [4.78, 5) is 11.8. The van der Waals surface area contributed by atoms with E-state index in [4.69, 9.17) is 11.6 Å². The molecule has 1 saturated heterocycles. The molecule has 3 nitrogen and oxygen atoms in total. The minimum absolute atomic E-state index is 0. The van der Waals surface area contributed by atoms with Crippen LogP contribution in [-0.2, 0) is 11.2 Å². The van der Waals surface area contributed by atoms with Gasteiger partial charge in [0.1, 0.15) is 0 Å². The van der Waals surface area contributed by atoms with Gasteiger partial charge in [-0.1, -0.05) is 27.5 Å². The Bertz CT molecular complexity index is 437. The zero-order valence-electron chi connectivity index (χ0n) is 10.4. The van der Waals surface area contributed by atoms with E-state index in [2.05, 4.69) is 26.6 Å². The van der Waals surface area contributed by atoms with Crippen LogP contribution in [0.2, 0.25) is 5.02 Å². The van der Waals surface area contributed by atoms with Gasteiger partial charge in [0.15, 0.2) is 0 Å². The van der Waals surface area contributed by atoms with Crippen molar-refractivity contribution in [1.82, 2.24) is 10.6 Å². The van der Waals surface area contributed by atoms with E-state index in [9.17, 15) is 4.79 Å². The lowest BCUT2D eigenvalue weighted by Gasteiger charge is -2.11. The van der Waals surface area contributed by atoms with E-state index in [0.717, 1.165) is 29.5 Å². The summed E-state index contributed by atoms with van der Waals surface area (Å²) in [7, 11) is 0. The van der Waals surface area contributed by atoms with E-state index in [0.29, 0.717) is 23.9 Å². The highest BCUT2D eigenvalue weighted by atomic mass is 79.9. The standard InChI is InChI=1S/C13H16BrClN2O.ClH/c14-12-3-2-10(15)7-9(12)1-4-13(18)17-11-5-6-16-8-11;/h2-3,7,11,16H,1,4-6,8H2,(H,17,18);1H. The second kappa shape index (κ2) is 8.10. The maximum Gasteiger partial charge on any atom is 0.220 e. The fourth-order valence-electron chi connectivity index (χ4n) is 2.06. The first-order valence-corrected chi connectivity index (χ1v) is 7.26. The van der Waals surface area contributed by atoms with E-state index in [1.165, 1.54) is 0 Å². The molecular weight excluding hydrogens is 351 g/mol. The van der Waals surface area contributed by atoms with Crippen molar-refractivity contribution in [3.05, 3.63) is 33.3 Å². The van der Waals surface area contributed by atoms with Crippen LogP contribution < -0.4 is 10.6 Å². The summed E-state index contributed by atoms with van der Waals surface area (Å²) in [6.07, 6.45) is 2.22. The zero-order valence-corrected chi connectivity index (χ0v) is 13.6. The highest BCUT2D eigenvalue weighted by molar-refractivity contribution is 9.10. The molecule has 6 heteroatoms. The third-order valence-corrected chi connectivity index (χ3v) is 4.06. The molecule has 0 aromatic heterocycles. The predicted molar refractivity (Wildman–Crippen MR) is 84.1 cm³/mol. The molecule has 1 aliphatic rings. The van der Waals surface area contributed by atoms with Gasteiger partial charge in [-0.15, -0.1) is 12.4 Å². The summed E-state index contributed by atoms with van der Waals surface area (Å²) < 4.78 is 1.00. The summed E-state index contributed by atoms with van der Waals surface area (Å²) in [6, 6.07) is 5.94. The van der Waals surface area contributed by atoms with Gasteiger partial charge in [-0.05, 0) is 43.1 Å². The lowest BCUT2D eigenvalue weighted by Crippen LogP contribution is -2.36. The van der Waals surface area contributed by atoms with Crippen LogP contribution in [0.4, 0.5) is 0 Å². The maximum absolute atomic E-state index is 11.8. The molecule has 1 amide bonds. The highest BCUT2D eigenvalue weighted by Crippen LogP contribution is 2.22. The van der Waals surface area contributed by atoms with E-state index >= 15 is 0 Å². The average molecular weight is 368 g/mol. The molecule has 0 aliphatic carbocycles. The van der Waals surface area contributed by atoms with Crippen LogP contribution in [0.15, 0.2) is 22.7 Å². The Labute approximate surface area is 133 Å². The Morgan fingerprint density at radius 2 is 2.32 bits per heavy atom. The number of rotatable bonds is 4. The Balaban J connectivity index is 0.00000180. The van der Waals surface area contributed by atoms with Gasteiger partial charge in [0.2, 0.25) is 5.91 Å². The fourth-order valence-corrected chi connectivity index (χ4v) is 2.70. The quantitative estimate of drug-likeness (QED) is 0.858. The summed E-state index contributed by atoms with van der Waals surface area (Å²) >= 11 is 9.41. The molecule has 0 radical (unpaired) electrons. The van der Waals surface area contributed by atoms with E-state index in [1.54, 1.807) is 0 Å². The predicted octanol–water partition coefficient (Wildman–Crippen LogP) is 2.94. The Morgan fingerprint density at radius 1 is 1.53 bits per heavy atom. The van der Waals surface area contributed by atoms with Gasteiger partial charge in [-0.2, -0.15) is 0 Å². The van der Waals surface area contributed by atoms with E-state index in [-0.39, 0.29) is 18.3 Å². The molecule has 0 saturated carbocycles. The van der Waals surface area contributed by atoms with Gasteiger partial charge in [0, 0.05) is 28.5 Å². The number of carbonyl (C=O) groups excluding carboxylic acids is 1. The van der Waals surface area contributed by atoms with E-state index in [1.807, 2.05) is 18.2 Å². The van der Waals surface area contributed by atoms with Crippen LogP contribution in [0.25, 0.3) is 0 Å². The highest BCUT2D eigenvalue weighted by Gasteiger charge is 2.16. The van der Waals surface area contributed by atoms with Crippen molar-refractivity contribution in [2.45, 2.75) is 25.3 Å². The third kappa shape index (κ3) is 5.30. The first-order valence-electron chi connectivity index (χ1n) is 6.09. The minimum atomic E-state index is 0. The molecule has 106 valence electrons. The number of hydrogen-bond donors (Lipinski definition) is 2. The Hall–Kier alpha value is -0.290. The van der Waals surface area contributed by atoms with Crippen molar-refractivity contribution >= 4 is 45.8 Å². The number of nitrogens with one attached hydrogen (secondary N) is 2. The maximum atomic E-state index is 11.8. The second-order valence-corrected chi connectivity index (χ2v) is 5.78. The smallest absolute Gasteiger partial charge is 0.220 e. The van der Waals surface area contributed by atoms with Crippen LogP contribution in [0, 0.1) is 0 Å². The van der Waals surface area contributed by atoms with Crippen molar-refractivity contribution in [3.8, 4) is 0 Å². The van der Waals surface area contributed by atoms with Crippen molar-refractivity contribution in [1.29, 1.82) is 0 Å². The molecule has 1 atom stereocenters. The molecule has 2 rings (SSSR count). The number of halogens is 3. The Kier molecular flexibility index (Phi) is 7.15.